The maximum atomic E-state index is 11.3. The van der Waals surface area contributed by atoms with Crippen LogP contribution in [-0.2, 0) is 16.0 Å². The van der Waals surface area contributed by atoms with Crippen molar-refractivity contribution in [3.8, 4) is 0 Å². The number of amides is 1. The van der Waals surface area contributed by atoms with E-state index in [4.69, 9.17) is 5.11 Å². The SMILES string of the molecule is O=C(O)CCCC(=O)NCCCc1nccs1. The standard InChI is InChI=1S/C11H16N2O3S/c14-9(3-1-5-11(15)16)12-6-2-4-10-13-7-8-17-10/h7-8H,1-6H2,(H,12,14)(H,15,16). The van der Waals surface area contributed by atoms with Gasteiger partial charge in [0.15, 0.2) is 0 Å². The Balaban J connectivity index is 1.98. The van der Waals surface area contributed by atoms with Gasteiger partial charge in [-0.05, 0) is 12.8 Å². The van der Waals surface area contributed by atoms with Gasteiger partial charge in [-0.2, -0.15) is 0 Å². The first-order valence-electron chi connectivity index (χ1n) is 5.55. The Morgan fingerprint density at radius 2 is 2.18 bits per heavy atom. The zero-order valence-electron chi connectivity index (χ0n) is 9.52. The van der Waals surface area contributed by atoms with Crippen molar-refractivity contribution in [2.75, 3.05) is 6.54 Å². The number of carbonyl (C=O) groups is 2. The molecular weight excluding hydrogens is 240 g/mol. The second kappa shape index (κ2) is 7.78. The second-order valence-electron chi connectivity index (χ2n) is 3.63. The molecule has 0 bridgehead atoms. The van der Waals surface area contributed by atoms with Crippen molar-refractivity contribution in [1.29, 1.82) is 0 Å². The molecule has 0 aromatic carbocycles. The highest BCUT2D eigenvalue weighted by Gasteiger charge is 2.03. The van der Waals surface area contributed by atoms with E-state index in [-0.39, 0.29) is 18.7 Å². The van der Waals surface area contributed by atoms with E-state index in [2.05, 4.69) is 10.3 Å². The van der Waals surface area contributed by atoms with E-state index in [9.17, 15) is 9.59 Å². The van der Waals surface area contributed by atoms with Crippen LogP contribution in [0.15, 0.2) is 11.6 Å². The first kappa shape index (κ1) is 13.6. The first-order chi connectivity index (χ1) is 8.18. The van der Waals surface area contributed by atoms with Crippen LogP contribution in [0, 0.1) is 0 Å². The van der Waals surface area contributed by atoms with Crippen molar-refractivity contribution in [3.63, 3.8) is 0 Å². The zero-order valence-corrected chi connectivity index (χ0v) is 10.3. The van der Waals surface area contributed by atoms with Crippen molar-refractivity contribution < 1.29 is 14.7 Å². The molecule has 0 spiro atoms. The van der Waals surface area contributed by atoms with Crippen LogP contribution >= 0.6 is 11.3 Å². The van der Waals surface area contributed by atoms with Gasteiger partial charge in [-0.15, -0.1) is 11.3 Å². The van der Waals surface area contributed by atoms with Gasteiger partial charge in [0.05, 0.1) is 5.01 Å². The van der Waals surface area contributed by atoms with Crippen LogP contribution in [0.5, 0.6) is 0 Å². The summed E-state index contributed by atoms with van der Waals surface area (Å²) in [5, 5.41) is 14.2. The minimum absolute atomic E-state index is 0.0482. The van der Waals surface area contributed by atoms with Crippen LogP contribution in [0.3, 0.4) is 0 Å². The lowest BCUT2D eigenvalue weighted by Crippen LogP contribution is -2.24. The summed E-state index contributed by atoms with van der Waals surface area (Å²) in [6, 6.07) is 0. The molecule has 94 valence electrons. The van der Waals surface area contributed by atoms with E-state index in [0.29, 0.717) is 13.0 Å². The van der Waals surface area contributed by atoms with Crippen molar-refractivity contribution >= 4 is 23.2 Å². The third-order valence-electron chi connectivity index (χ3n) is 2.17. The normalized spacial score (nSPS) is 10.1. The summed E-state index contributed by atoms with van der Waals surface area (Å²) in [5.41, 5.74) is 0. The summed E-state index contributed by atoms with van der Waals surface area (Å²) in [4.78, 5) is 25.6. The Morgan fingerprint density at radius 1 is 1.35 bits per heavy atom. The van der Waals surface area contributed by atoms with Gasteiger partial charge in [-0.3, -0.25) is 9.59 Å². The average Bonchev–Trinajstić information content (AvgIpc) is 2.76. The Kier molecular flexibility index (Phi) is 6.24. The van der Waals surface area contributed by atoms with Crippen LogP contribution < -0.4 is 5.32 Å². The lowest BCUT2D eigenvalue weighted by molar-refractivity contribution is -0.137. The number of nitrogens with zero attached hydrogens (tertiary/aromatic N) is 1. The molecule has 0 saturated carbocycles. The summed E-state index contributed by atoms with van der Waals surface area (Å²) < 4.78 is 0. The summed E-state index contributed by atoms with van der Waals surface area (Å²) in [7, 11) is 0. The molecule has 0 atom stereocenters. The van der Waals surface area contributed by atoms with Crippen LogP contribution in [0.1, 0.15) is 30.7 Å². The first-order valence-corrected chi connectivity index (χ1v) is 6.43. The molecule has 1 aromatic heterocycles. The predicted octanol–water partition coefficient (Wildman–Crippen LogP) is 1.45. The minimum atomic E-state index is -0.860. The molecule has 5 nitrogen and oxygen atoms in total. The molecule has 17 heavy (non-hydrogen) atoms. The summed E-state index contributed by atoms with van der Waals surface area (Å²) in [6.07, 6.45) is 4.22. The number of nitrogens with one attached hydrogen (secondary N) is 1. The highest BCUT2D eigenvalue weighted by atomic mass is 32.1. The monoisotopic (exact) mass is 256 g/mol. The van der Waals surface area contributed by atoms with Crippen LogP contribution in [0.25, 0.3) is 0 Å². The quantitative estimate of drug-likeness (QED) is 0.690. The van der Waals surface area contributed by atoms with Gasteiger partial charge in [0.25, 0.3) is 0 Å². The van der Waals surface area contributed by atoms with E-state index in [1.165, 1.54) is 0 Å². The highest BCUT2D eigenvalue weighted by molar-refractivity contribution is 7.09. The highest BCUT2D eigenvalue weighted by Crippen LogP contribution is 2.06. The molecule has 0 saturated heterocycles. The number of carbonyl (C=O) groups excluding carboxylic acids is 1. The van der Waals surface area contributed by atoms with Gasteiger partial charge in [0, 0.05) is 37.4 Å². The molecule has 0 radical (unpaired) electrons. The van der Waals surface area contributed by atoms with Gasteiger partial charge < -0.3 is 10.4 Å². The van der Waals surface area contributed by atoms with Crippen LogP contribution in [0.4, 0.5) is 0 Å². The number of hydrogen-bond donors (Lipinski definition) is 2. The number of thiazole rings is 1. The molecule has 1 aromatic rings. The number of aryl methyl sites for hydroxylation is 1. The van der Waals surface area contributed by atoms with E-state index in [1.807, 2.05) is 5.38 Å². The molecule has 0 unspecified atom stereocenters. The molecule has 1 rings (SSSR count). The Morgan fingerprint density at radius 3 is 2.82 bits per heavy atom. The number of aliphatic carboxylic acids is 1. The molecule has 0 aliphatic carbocycles. The summed E-state index contributed by atoms with van der Waals surface area (Å²) in [6.45, 7) is 0.617. The third-order valence-corrected chi connectivity index (χ3v) is 3.01. The van der Waals surface area contributed by atoms with Crippen molar-refractivity contribution in [2.45, 2.75) is 32.1 Å². The minimum Gasteiger partial charge on any atom is -0.481 e. The van der Waals surface area contributed by atoms with Crippen molar-refractivity contribution in [3.05, 3.63) is 16.6 Å². The van der Waals surface area contributed by atoms with Gasteiger partial charge in [0.1, 0.15) is 0 Å². The van der Waals surface area contributed by atoms with Gasteiger partial charge in [-0.25, -0.2) is 4.98 Å². The number of aromatic nitrogens is 1. The predicted molar refractivity (Wildman–Crippen MR) is 64.9 cm³/mol. The van der Waals surface area contributed by atoms with Gasteiger partial charge in [-0.1, -0.05) is 0 Å². The van der Waals surface area contributed by atoms with E-state index in [0.717, 1.165) is 17.8 Å². The van der Waals surface area contributed by atoms with E-state index in [1.54, 1.807) is 17.5 Å². The lowest BCUT2D eigenvalue weighted by atomic mass is 10.2. The van der Waals surface area contributed by atoms with E-state index < -0.39 is 5.97 Å². The van der Waals surface area contributed by atoms with Gasteiger partial charge in [0.2, 0.25) is 5.91 Å². The molecule has 0 fully saturated rings. The largest absolute Gasteiger partial charge is 0.481 e. The fraction of sp³-hybridized carbons (Fsp3) is 0.545. The average molecular weight is 256 g/mol. The van der Waals surface area contributed by atoms with E-state index >= 15 is 0 Å². The number of rotatable bonds is 8. The second-order valence-corrected chi connectivity index (χ2v) is 4.61. The maximum Gasteiger partial charge on any atom is 0.303 e. The van der Waals surface area contributed by atoms with Crippen molar-refractivity contribution in [1.82, 2.24) is 10.3 Å². The molecular formula is C11H16N2O3S. The lowest BCUT2D eigenvalue weighted by Gasteiger charge is -2.03. The molecule has 0 aliphatic rings. The Labute approximate surface area is 104 Å². The topological polar surface area (TPSA) is 79.3 Å². The smallest absolute Gasteiger partial charge is 0.303 e. The van der Waals surface area contributed by atoms with Crippen LogP contribution in [-0.4, -0.2) is 28.5 Å². The number of carboxylic acids is 1. The summed E-state index contributed by atoms with van der Waals surface area (Å²) >= 11 is 1.61. The summed E-state index contributed by atoms with van der Waals surface area (Å²) in [5.74, 6) is -0.938. The molecule has 1 heterocycles. The fourth-order valence-electron chi connectivity index (χ4n) is 1.33. The third kappa shape index (κ3) is 6.68. The Bertz CT molecular complexity index is 352. The zero-order chi connectivity index (χ0) is 12.5. The molecule has 0 aliphatic heterocycles. The fourth-order valence-corrected chi connectivity index (χ4v) is 2.00. The van der Waals surface area contributed by atoms with Crippen molar-refractivity contribution in [2.24, 2.45) is 0 Å². The number of carboxylic acid groups (broad SMARTS) is 1. The van der Waals surface area contributed by atoms with Gasteiger partial charge >= 0.3 is 5.97 Å². The number of hydrogen-bond acceptors (Lipinski definition) is 4. The maximum absolute atomic E-state index is 11.3. The van der Waals surface area contributed by atoms with Crippen LogP contribution in [0.2, 0.25) is 0 Å². The molecule has 1 amide bonds. The Hall–Kier alpha value is -1.43. The molecule has 2 N–H and O–H groups in total. The molecule has 6 heteroatoms.